The maximum absolute atomic E-state index is 12.5. The molecule has 4 heteroatoms. The van der Waals surface area contributed by atoms with Gasteiger partial charge in [-0.05, 0) is 37.1 Å². The number of H-pyrrole nitrogens is 1. The van der Waals surface area contributed by atoms with E-state index in [0.29, 0.717) is 12.2 Å². The van der Waals surface area contributed by atoms with E-state index in [9.17, 15) is 4.79 Å². The lowest BCUT2D eigenvalue weighted by Crippen LogP contribution is -2.23. The molecule has 0 saturated heterocycles. The fraction of sp³-hybridized carbons (Fsp3) is 0.211. The number of methoxy groups -OCH3 is 1. The van der Waals surface area contributed by atoms with Crippen LogP contribution in [-0.2, 0) is 6.54 Å². The molecular weight excluding hydrogens is 288 g/mol. The monoisotopic (exact) mass is 308 g/mol. The summed E-state index contributed by atoms with van der Waals surface area (Å²) in [6.45, 7) is 4.51. The molecule has 3 aromatic rings. The van der Waals surface area contributed by atoms with Crippen molar-refractivity contribution in [1.29, 1.82) is 0 Å². The smallest absolute Gasteiger partial charge is 0.268 e. The Labute approximate surface area is 135 Å². The van der Waals surface area contributed by atoms with Crippen LogP contribution in [0.25, 0.3) is 10.9 Å². The Bertz CT molecular complexity index is 848. The van der Waals surface area contributed by atoms with Gasteiger partial charge in [-0.15, -0.1) is 0 Å². The number of hydrogen-bond donors (Lipinski definition) is 2. The quantitative estimate of drug-likeness (QED) is 0.771. The van der Waals surface area contributed by atoms with E-state index >= 15 is 0 Å². The van der Waals surface area contributed by atoms with Crippen LogP contribution >= 0.6 is 0 Å². The van der Waals surface area contributed by atoms with Gasteiger partial charge in [0.1, 0.15) is 11.4 Å². The lowest BCUT2D eigenvalue weighted by atomic mass is 10.1. The lowest BCUT2D eigenvalue weighted by Gasteiger charge is -2.05. The maximum atomic E-state index is 12.5. The molecule has 0 bridgehead atoms. The summed E-state index contributed by atoms with van der Waals surface area (Å²) in [4.78, 5) is 15.6. The Morgan fingerprint density at radius 2 is 1.87 bits per heavy atom. The molecule has 1 heterocycles. The minimum Gasteiger partial charge on any atom is -0.497 e. The number of nitrogens with one attached hydrogen (secondary N) is 2. The fourth-order valence-corrected chi connectivity index (χ4v) is 2.65. The Balaban J connectivity index is 1.80. The zero-order valence-corrected chi connectivity index (χ0v) is 13.6. The summed E-state index contributed by atoms with van der Waals surface area (Å²) in [5.74, 6) is 0.670. The van der Waals surface area contributed by atoms with Crippen molar-refractivity contribution in [2.45, 2.75) is 20.4 Å². The van der Waals surface area contributed by atoms with Crippen molar-refractivity contribution in [2.24, 2.45) is 0 Å². The second kappa shape index (κ2) is 6.16. The molecule has 2 aromatic carbocycles. The van der Waals surface area contributed by atoms with Gasteiger partial charge in [0, 0.05) is 23.5 Å². The van der Waals surface area contributed by atoms with Crippen LogP contribution in [0.5, 0.6) is 5.75 Å². The summed E-state index contributed by atoms with van der Waals surface area (Å²) >= 11 is 0. The molecule has 2 N–H and O–H groups in total. The van der Waals surface area contributed by atoms with E-state index in [1.54, 1.807) is 7.11 Å². The summed E-state index contributed by atoms with van der Waals surface area (Å²) in [6.07, 6.45) is 0. The second-order valence-electron chi connectivity index (χ2n) is 5.70. The summed E-state index contributed by atoms with van der Waals surface area (Å²) in [6, 6.07) is 13.9. The Hall–Kier alpha value is -2.75. The van der Waals surface area contributed by atoms with Crippen molar-refractivity contribution in [3.8, 4) is 5.75 Å². The molecule has 0 unspecified atom stereocenters. The van der Waals surface area contributed by atoms with Crippen molar-refractivity contribution < 1.29 is 9.53 Å². The highest BCUT2D eigenvalue weighted by atomic mass is 16.5. The molecule has 118 valence electrons. The number of carbonyl (C=O) groups excluding carboxylic acids is 1. The minimum atomic E-state index is -0.0989. The predicted octanol–water partition coefficient (Wildman–Crippen LogP) is 3.72. The fourth-order valence-electron chi connectivity index (χ4n) is 2.65. The molecule has 0 saturated carbocycles. The number of aromatic amines is 1. The van der Waals surface area contributed by atoms with E-state index in [4.69, 9.17) is 4.74 Å². The molecule has 0 spiro atoms. The zero-order valence-electron chi connectivity index (χ0n) is 13.6. The van der Waals surface area contributed by atoms with Gasteiger partial charge < -0.3 is 15.0 Å². The van der Waals surface area contributed by atoms with E-state index in [0.717, 1.165) is 27.8 Å². The van der Waals surface area contributed by atoms with Gasteiger partial charge in [0.25, 0.3) is 5.91 Å². The molecule has 0 aliphatic carbocycles. The first-order valence-electron chi connectivity index (χ1n) is 7.58. The molecule has 0 radical (unpaired) electrons. The van der Waals surface area contributed by atoms with Crippen LogP contribution in [0.3, 0.4) is 0 Å². The number of aryl methyl sites for hydroxylation is 2. The molecule has 3 rings (SSSR count). The summed E-state index contributed by atoms with van der Waals surface area (Å²) in [7, 11) is 1.63. The van der Waals surface area contributed by atoms with Crippen LogP contribution in [0, 0.1) is 13.8 Å². The number of rotatable bonds is 4. The van der Waals surface area contributed by atoms with E-state index < -0.39 is 0 Å². The van der Waals surface area contributed by atoms with Crippen molar-refractivity contribution in [1.82, 2.24) is 10.3 Å². The van der Waals surface area contributed by atoms with E-state index in [1.165, 1.54) is 5.56 Å². The Morgan fingerprint density at radius 3 is 2.57 bits per heavy atom. The Kier molecular flexibility index (Phi) is 4.06. The molecule has 0 aliphatic rings. The molecule has 0 atom stereocenters. The lowest BCUT2D eigenvalue weighted by molar-refractivity contribution is 0.0946. The number of amides is 1. The SMILES string of the molecule is COc1ccc2c(C)c(C(=O)NCc3ccc(C)cc3)[nH]c2c1. The van der Waals surface area contributed by atoms with E-state index in [-0.39, 0.29) is 5.91 Å². The first kappa shape index (κ1) is 15.2. The largest absolute Gasteiger partial charge is 0.497 e. The molecule has 0 fully saturated rings. The van der Waals surface area contributed by atoms with Crippen LogP contribution < -0.4 is 10.1 Å². The van der Waals surface area contributed by atoms with Crippen LogP contribution in [0.1, 0.15) is 27.2 Å². The highest BCUT2D eigenvalue weighted by Crippen LogP contribution is 2.25. The van der Waals surface area contributed by atoms with Gasteiger partial charge in [0.15, 0.2) is 0 Å². The van der Waals surface area contributed by atoms with Crippen LogP contribution in [0.15, 0.2) is 42.5 Å². The van der Waals surface area contributed by atoms with Gasteiger partial charge in [-0.25, -0.2) is 0 Å². The van der Waals surface area contributed by atoms with Gasteiger partial charge >= 0.3 is 0 Å². The molecule has 23 heavy (non-hydrogen) atoms. The molecular formula is C19H20N2O2. The second-order valence-corrected chi connectivity index (χ2v) is 5.70. The van der Waals surface area contributed by atoms with E-state index in [1.807, 2.05) is 56.3 Å². The summed E-state index contributed by atoms with van der Waals surface area (Å²) in [5.41, 5.74) is 4.74. The van der Waals surface area contributed by atoms with E-state index in [2.05, 4.69) is 10.3 Å². The average Bonchev–Trinajstić information content (AvgIpc) is 2.90. The van der Waals surface area contributed by atoms with Gasteiger partial charge in [0.05, 0.1) is 7.11 Å². The first-order chi connectivity index (χ1) is 11.1. The minimum absolute atomic E-state index is 0.0989. The topological polar surface area (TPSA) is 54.1 Å². The standard InChI is InChI=1S/C19H20N2O2/c1-12-4-6-14(7-5-12)11-20-19(22)18-13(2)16-9-8-15(23-3)10-17(16)21-18/h4-10,21H,11H2,1-3H3,(H,20,22). The average molecular weight is 308 g/mol. The van der Waals surface area contributed by atoms with Crippen molar-refractivity contribution >= 4 is 16.8 Å². The number of carbonyl (C=O) groups is 1. The summed E-state index contributed by atoms with van der Waals surface area (Å²) < 4.78 is 5.23. The van der Waals surface area contributed by atoms with Gasteiger partial charge in [-0.1, -0.05) is 29.8 Å². The third-order valence-corrected chi connectivity index (χ3v) is 4.07. The first-order valence-corrected chi connectivity index (χ1v) is 7.58. The molecule has 1 aromatic heterocycles. The summed E-state index contributed by atoms with van der Waals surface area (Å²) in [5, 5.41) is 4.00. The highest BCUT2D eigenvalue weighted by Gasteiger charge is 2.14. The van der Waals surface area contributed by atoms with Gasteiger partial charge in [-0.2, -0.15) is 0 Å². The van der Waals surface area contributed by atoms with Crippen LogP contribution in [-0.4, -0.2) is 18.0 Å². The molecule has 0 aliphatic heterocycles. The third kappa shape index (κ3) is 3.06. The number of fused-ring (bicyclic) bond motifs is 1. The van der Waals surface area contributed by atoms with Gasteiger partial charge in [-0.3, -0.25) is 4.79 Å². The van der Waals surface area contributed by atoms with Crippen LogP contribution in [0.4, 0.5) is 0 Å². The number of aromatic nitrogens is 1. The van der Waals surface area contributed by atoms with Gasteiger partial charge in [0.2, 0.25) is 0 Å². The number of ether oxygens (including phenoxy) is 1. The molecule has 4 nitrogen and oxygen atoms in total. The number of benzene rings is 2. The maximum Gasteiger partial charge on any atom is 0.268 e. The van der Waals surface area contributed by atoms with Crippen molar-refractivity contribution in [3.63, 3.8) is 0 Å². The number of hydrogen-bond acceptors (Lipinski definition) is 2. The normalized spacial score (nSPS) is 10.7. The van der Waals surface area contributed by atoms with Crippen molar-refractivity contribution in [3.05, 3.63) is 64.8 Å². The zero-order chi connectivity index (χ0) is 16.4. The Morgan fingerprint density at radius 1 is 1.13 bits per heavy atom. The predicted molar refractivity (Wildman–Crippen MR) is 91.9 cm³/mol. The van der Waals surface area contributed by atoms with Crippen LogP contribution in [0.2, 0.25) is 0 Å². The highest BCUT2D eigenvalue weighted by molar-refractivity contribution is 6.01. The third-order valence-electron chi connectivity index (χ3n) is 4.07. The van der Waals surface area contributed by atoms with Crippen molar-refractivity contribution in [2.75, 3.05) is 7.11 Å². The molecule has 1 amide bonds.